The van der Waals surface area contributed by atoms with E-state index in [0.717, 1.165) is 53.9 Å². The second-order valence-electron chi connectivity index (χ2n) is 8.18. The third-order valence-electron chi connectivity index (χ3n) is 5.50. The molecule has 2 aromatic heterocycles. The highest BCUT2D eigenvalue weighted by Gasteiger charge is 2.33. The SMILES string of the molecule is CCn1cc(C2=NOC(C(=O)Nc3sc4c(c3C(=O)OC(C)C)CCCC4)C2)c(C)n1. The molecular weight excluding hydrogens is 416 g/mol. The molecule has 4 rings (SSSR count). The monoisotopic (exact) mass is 444 g/mol. The van der Waals surface area contributed by atoms with Crippen molar-refractivity contribution in [1.82, 2.24) is 9.78 Å². The molecule has 1 atom stereocenters. The number of oxime groups is 1. The van der Waals surface area contributed by atoms with Crippen LogP contribution in [0.3, 0.4) is 0 Å². The Morgan fingerprint density at radius 2 is 2.13 bits per heavy atom. The lowest BCUT2D eigenvalue weighted by Gasteiger charge is -2.14. The number of hydrogen-bond donors (Lipinski definition) is 1. The number of hydrogen-bond acceptors (Lipinski definition) is 7. The predicted octanol–water partition coefficient (Wildman–Crippen LogP) is 3.85. The first-order valence-electron chi connectivity index (χ1n) is 10.8. The number of thiophene rings is 1. The van der Waals surface area contributed by atoms with Crippen molar-refractivity contribution in [2.45, 2.75) is 78.6 Å². The normalized spacial score (nSPS) is 17.8. The summed E-state index contributed by atoms with van der Waals surface area (Å²) in [5, 5.41) is 12.0. The van der Waals surface area contributed by atoms with Gasteiger partial charge in [-0.2, -0.15) is 5.10 Å². The first-order chi connectivity index (χ1) is 14.9. The Labute approximate surface area is 185 Å². The maximum absolute atomic E-state index is 13.0. The number of esters is 1. The summed E-state index contributed by atoms with van der Waals surface area (Å²) < 4.78 is 7.30. The molecule has 9 heteroatoms. The fourth-order valence-corrected chi connectivity index (χ4v) is 5.26. The molecule has 2 aliphatic rings. The van der Waals surface area contributed by atoms with Crippen molar-refractivity contribution in [2.24, 2.45) is 5.16 Å². The van der Waals surface area contributed by atoms with Crippen molar-refractivity contribution >= 4 is 33.9 Å². The van der Waals surface area contributed by atoms with Gasteiger partial charge in [-0.1, -0.05) is 5.16 Å². The van der Waals surface area contributed by atoms with Crippen molar-refractivity contribution in [2.75, 3.05) is 5.32 Å². The van der Waals surface area contributed by atoms with E-state index in [0.29, 0.717) is 22.7 Å². The number of nitrogens with zero attached hydrogens (tertiary/aromatic N) is 3. The Hall–Kier alpha value is -2.68. The van der Waals surface area contributed by atoms with E-state index in [1.165, 1.54) is 11.3 Å². The second kappa shape index (κ2) is 8.82. The topological polar surface area (TPSA) is 94.8 Å². The third-order valence-corrected chi connectivity index (χ3v) is 6.70. The highest BCUT2D eigenvalue weighted by atomic mass is 32.1. The number of aryl methyl sites for hydroxylation is 3. The molecule has 0 saturated carbocycles. The number of nitrogens with one attached hydrogen (secondary N) is 1. The standard InChI is InChI=1S/C22H28N4O4S/c1-5-26-11-15(13(4)24-26)16-10-17(30-25-16)20(27)23-21-19(22(28)29-12(2)3)14-8-6-7-9-18(14)31-21/h11-12,17H,5-10H2,1-4H3,(H,23,27). The number of ether oxygens (including phenoxy) is 1. The van der Waals surface area contributed by atoms with E-state index in [4.69, 9.17) is 9.57 Å². The Kier molecular flexibility index (Phi) is 6.13. The van der Waals surface area contributed by atoms with Gasteiger partial charge in [-0.3, -0.25) is 9.48 Å². The molecule has 31 heavy (non-hydrogen) atoms. The Bertz CT molecular complexity index is 1040. The van der Waals surface area contributed by atoms with Crippen LogP contribution >= 0.6 is 11.3 Å². The van der Waals surface area contributed by atoms with Gasteiger partial charge in [-0.25, -0.2) is 4.79 Å². The van der Waals surface area contributed by atoms with Gasteiger partial charge in [0.2, 0.25) is 6.10 Å². The zero-order chi connectivity index (χ0) is 22.1. The smallest absolute Gasteiger partial charge is 0.341 e. The van der Waals surface area contributed by atoms with Crippen LogP contribution in [0.2, 0.25) is 0 Å². The van der Waals surface area contributed by atoms with Crippen molar-refractivity contribution in [1.29, 1.82) is 0 Å². The average Bonchev–Trinajstić information content (AvgIpc) is 3.43. The molecule has 0 aromatic carbocycles. The van der Waals surface area contributed by atoms with Gasteiger partial charge in [0.1, 0.15) is 5.00 Å². The van der Waals surface area contributed by atoms with Crippen molar-refractivity contribution < 1.29 is 19.2 Å². The fourth-order valence-electron chi connectivity index (χ4n) is 3.98. The maximum Gasteiger partial charge on any atom is 0.341 e. The number of anilines is 1. The van der Waals surface area contributed by atoms with E-state index in [1.807, 2.05) is 38.6 Å². The number of carbonyl (C=O) groups is 2. The molecule has 0 radical (unpaired) electrons. The zero-order valence-corrected chi connectivity index (χ0v) is 19.2. The highest BCUT2D eigenvalue weighted by molar-refractivity contribution is 7.17. The van der Waals surface area contributed by atoms with Crippen molar-refractivity contribution in [3.63, 3.8) is 0 Å². The number of amides is 1. The molecule has 166 valence electrons. The molecule has 3 heterocycles. The molecule has 0 bridgehead atoms. The number of carbonyl (C=O) groups excluding carboxylic acids is 2. The van der Waals surface area contributed by atoms with Crippen LogP contribution in [-0.2, 0) is 33.8 Å². The van der Waals surface area contributed by atoms with Gasteiger partial charge in [-0.05, 0) is 58.9 Å². The lowest BCUT2D eigenvalue weighted by atomic mass is 9.95. The number of aromatic nitrogens is 2. The quantitative estimate of drug-likeness (QED) is 0.683. The van der Waals surface area contributed by atoms with Gasteiger partial charge in [-0.15, -0.1) is 11.3 Å². The van der Waals surface area contributed by atoms with Crippen LogP contribution in [-0.4, -0.2) is 39.6 Å². The molecule has 1 aliphatic carbocycles. The average molecular weight is 445 g/mol. The minimum Gasteiger partial charge on any atom is -0.459 e. The minimum absolute atomic E-state index is 0.225. The predicted molar refractivity (Wildman–Crippen MR) is 119 cm³/mol. The van der Waals surface area contributed by atoms with Crippen LogP contribution in [0.15, 0.2) is 11.4 Å². The largest absolute Gasteiger partial charge is 0.459 e. The molecule has 8 nitrogen and oxygen atoms in total. The van der Waals surface area contributed by atoms with Gasteiger partial charge in [0.15, 0.2) is 0 Å². The second-order valence-corrected chi connectivity index (χ2v) is 9.28. The summed E-state index contributed by atoms with van der Waals surface area (Å²) in [5.74, 6) is -0.687. The molecule has 1 N–H and O–H groups in total. The maximum atomic E-state index is 13.0. The summed E-state index contributed by atoms with van der Waals surface area (Å²) in [7, 11) is 0. The number of fused-ring (bicyclic) bond motifs is 1. The fraction of sp³-hybridized carbons (Fsp3) is 0.545. The van der Waals surface area contributed by atoms with Crippen LogP contribution in [0.25, 0.3) is 0 Å². The van der Waals surface area contributed by atoms with Crippen LogP contribution in [0.1, 0.15) is 72.1 Å². The first-order valence-corrected chi connectivity index (χ1v) is 11.6. The van der Waals surface area contributed by atoms with Crippen LogP contribution < -0.4 is 5.32 Å². The van der Waals surface area contributed by atoms with Gasteiger partial charge in [0, 0.05) is 29.6 Å². The van der Waals surface area contributed by atoms with E-state index in [1.54, 1.807) is 0 Å². The third kappa shape index (κ3) is 4.37. The van der Waals surface area contributed by atoms with E-state index < -0.39 is 6.10 Å². The Morgan fingerprint density at radius 1 is 1.35 bits per heavy atom. The van der Waals surface area contributed by atoms with Crippen molar-refractivity contribution in [3.8, 4) is 0 Å². The Morgan fingerprint density at radius 3 is 2.84 bits per heavy atom. The summed E-state index contributed by atoms with van der Waals surface area (Å²) in [4.78, 5) is 32.4. The van der Waals surface area contributed by atoms with Crippen LogP contribution in [0.5, 0.6) is 0 Å². The Balaban J connectivity index is 1.51. The molecule has 1 unspecified atom stereocenters. The molecule has 1 amide bonds. The van der Waals surface area contributed by atoms with Crippen LogP contribution in [0.4, 0.5) is 5.00 Å². The zero-order valence-electron chi connectivity index (χ0n) is 18.4. The lowest BCUT2D eigenvalue weighted by Crippen LogP contribution is -2.28. The van der Waals surface area contributed by atoms with Crippen molar-refractivity contribution in [3.05, 3.63) is 33.5 Å². The molecule has 1 aliphatic heterocycles. The van der Waals surface area contributed by atoms with Gasteiger partial charge in [0.05, 0.1) is 23.1 Å². The molecule has 0 spiro atoms. The van der Waals surface area contributed by atoms with E-state index in [-0.39, 0.29) is 18.0 Å². The first kappa shape index (κ1) is 21.5. The summed E-state index contributed by atoms with van der Waals surface area (Å²) in [6, 6.07) is 0. The lowest BCUT2D eigenvalue weighted by molar-refractivity contribution is -0.125. The van der Waals surface area contributed by atoms with E-state index in [2.05, 4.69) is 15.6 Å². The van der Waals surface area contributed by atoms with Gasteiger partial charge < -0.3 is 14.9 Å². The van der Waals surface area contributed by atoms with Gasteiger partial charge in [0.25, 0.3) is 5.91 Å². The molecule has 0 fully saturated rings. The van der Waals surface area contributed by atoms with E-state index in [9.17, 15) is 9.59 Å². The highest BCUT2D eigenvalue weighted by Crippen LogP contribution is 2.39. The summed E-state index contributed by atoms with van der Waals surface area (Å²) in [5.41, 5.74) is 3.98. The molecule has 2 aromatic rings. The van der Waals surface area contributed by atoms with Gasteiger partial charge >= 0.3 is 5.97 Å². The summed E-state index contributed by atoms with van der Waals surface area (Å²) in [6.07, 6.45) is 5.19. The number of rotatable bonds is 6. The summed E-state index contributed by atoms with van der Waals surface area (Å²) in [6.45, 7) is 8.34. The molecule has 0 saturated heterocycles. The minimum atomic E-state index is -0.743. The van der Waals surface area contributed by atoms with Crippen LogP contribution in [0, 0.1) is 6.92 Å². The van der Waals surface area contributed by atoms with E-state index >= 15 is 0 Å². The molecular formula is C22H28N4O4S. The summed E-state index contributed by atoms with van der Waals surface area (Å²) >= 11 is 1.47.